The Balaban J connectivity index is 1.08. The fraction of sp³-hybridized carbons (Fsp3) is 0.342. The van der Waals surface area contributed by atoms with E-state index in [1.165, 1.54) is 18.4 Å². The number of carbonyl (C=O) groups is 1. The number of aryl methyl sites for hydroxylation is 2. The number of ketones is 1. The lowest BCUT2D eigenvalue weighted by atomic mass is 9.80. The number of methoxy groups -OCH3 is 1. The zero-order valence-corrected chi connectivity index (χ0v) is 25.0. The van der Waals surface area contributed by atoms with E-state index in [9.17, 15) is 15.0 Å². The van der Waals surface area contributed by atoms with Gasteiger partial charge in [0.15, 0.2) is 11.5 Å². The van der Waals surface area contributed by atoms with E-state index in [1.807, 2.05) is 48.5 Å². The molecular weight excluding hydrogens is 536 g/mol. The fourth-order valence-electron chi connectivity index (χ4n) is 5.93. The van der Waals surface area contributed by atoms with Crippen molar-refractivity contribution >= 4 is 16.6 Å². The molecule has 0 spiro atoms. The van der Waals surface area contributed by atoms with Gasteiger partial charge in [-0.15, -0.1) is 0 Å². The van der Waals surface area contributed by atoms with Gasteiger partial charge in [-0.2, -0.15) is 0 Å². The Kier molecular flexibility index (Phi) is 10.2. The molecule has 0 aliphatic heterocycles. The average Bonchev–Trinajstić information content (AvgIpc) is 3.02. The molecule has 0 saturated carbocycles. The first-order valence-electron chi connectivity index (χ1n) is 15.4. The van der Waals surface area contributed by atoms with Gasteiger partial charge >= 0.3 is 0 Å². The molecule has 5 heteroatoms. The second-order valence-electron chi connectivity index (χ2n) is 11.8. The number of allylic oxidation sites excluding steroid dienone is 1. The predicted molar refractivity (Wildman–Crippen MR) is 172 cm³/mol. The van der Waals surface area contributed by atoms with E-state index in [2.05, 4.69) is 36.4 Å². The van der Waals surface area contributed by atoms with Crippen LogP contribution in [0, 0.1) is 5.92 Å². The quantitative estimate of drug-likeness (QED) is 0.117. The molecule has 5 nitrogen and oxygen atoms in total. The van der Waals surface area contributed by atoms with Crippen molar-refractivity contribution in [3.8, 4) is 17.2 Å². The third-order valence-corrected chi connectivity index (χ3v) is 8.47. The van der Waals surface area contributed by atoms with Crippen molar-refractivity contribution in [1.82, 2.24) is 0 Å². The molecule has 1 aliphatic carbocycles. The van der Waals surface area contributed by atoms with Crippen molar-refractivity contribution in [3.63, 3.8) is 0 Å². The van der Waals surface area contributed by atoms with Gasteiger partial charge in [0.05, 0.1) is 12.7 Å². The minimum absolute atomic E-state index is 0.0638. The standard InChI is InChI=1S/C38H42O5/c1-42-36-18-13-30(24-37(36)43-27-31-11-14-33-25-34(39)17-15-32(33)23-31)12-16-35(40)26-38(41)21-19-29(20-22-38)10-6-5-9-28-7-3-2-4-8-28/h2-4,7-8,11,13-15,17-19,21,23-25,29,39,41H,5-6,9-10,12,16,20,22,26-27H2,1H3. The number of rotatable bonds is 14. The number of benzene rings is 4. The van der Waals surface area contributed by atoms with E-state index in [0.29, 0.717) is 43.3 Å². The molecule has 2 N–H and O–H groups in total. The summed E-state index contributed by atoms with van der Waals surface area (Å²) in [7, 11) is 1.61. The van der Waals surface area contributed by atoms with Gasteiger partial charge in [-0.1, -0.05) is 73.2 Å². The Labute approximate surface area is 254 Å². The highest BCUT2D eigenvalue weighted by Crippen LogP contribution is 2.33. The first kappa shape index (κ1) is 30.4. The maximum absolute atomic E-state index is 12.9. The molecular formula is C38H42O5. The van der Waals surface area contributed by atoms with Gasteiger partial charge < -0.3 is 19.7 Å². The Morgan fingerprint density at radius 3 is 2.44 bits per heavy atom. The Morgan fingerprint density at radius 1 is 0.860 bits per heavy atom. The van der Waals surface area contributed by atoms with Crippen molar-refractivity contribution in [2.75, 3.05) is 7.11 Å². The summed E-state index contributed by atoms with van der Waals surface area (Å²) in [6.07, 6.45) is 11.2. The molecule has 1 aliphatic rings. The van der Waals surface area contributed by atoms with E-state index in [4.69, 9.17) is 9.47 Å². The van der Waals surface area contributed by atoms with Crippen LogP contribution in [0.5, 0.6) is 17.2 Å². The molecule has 0 amide bonds. The smallest absolute Gasteiger partial charge is 0.161 e. The summed E-state index contributed by atoms with van der Waals surface area (Å²) in [6, 6.07) is 27.7. The lowest BCUT2D eigenvalue weighted by Gasteiger charge is -2.30. The Hall–Kier alpha value is -4.09. The summed E-state index contributed by atoms with van der Waals surface area (Å²) in [6.45, 7) is 0.364. The number of hydrogen-bond acceptors (Lipinski definition) is 5. The highest BCUT2D eigenvalue weighted by atomic mass is 16.5. The molecule has 0 heterocycles. The molecule has 0 saturated heterocycles. The topological polar surface area (TPSA) is 76.0 Å². The number of ether oxygens (including phenoxy) is 2. The molecule has 0 bridgehead atoms. The van der Waals surface area contributed by atoms with Crippen molar-refractivity contribution < 1.29 is 24.5 Å². The summed E-state index contributed by atoms with van der Waals surface area (Å²) < 4.78 is 11.6. The van der Waals surface area contributed by atoms with Gasteiger partial charge in [0.1, 0.15) is 18.1 Å². The number of aliphatic hydroxyl groups is 1. The van der Waals surface area contributed by atoms with E-state index in [1.54, 1.807) is 19.2 Å². The van der Waals surface area contributed by atoms with Crippen molar-refractivity contribution in [3.05, 3.63) is 114 Å². The number of fused-ring (bicyclic) bond motifs is 1. The number of phenolic OH excluding ortho intramolecular Hbond substituents is 1. The van der Waals surface area contributed by atoms with Crippen LogP contribution in [-0.4, -0.2) is 28.7 Å². The van der Waals surface area contributed by atoms with Gasteiger partial charge in [0, 0.05) is 12.8 Å². The summed E-state index contributed by atoms with van der Waals surface area (Å²) in [5.74, 6) is 2.05. The maximum atomic E-state index is 12.9. The molecule has 2 unspecified atom stereocenters. The highest BCUT2D eigenvalue weighted by molar-refractivity contribution is 5.84. The molecule has 4 aromatic rings. The van der Waals surface area contributed by atoms with E-state index in [-0.39, 0.29) is 18.0 Å². The molecule has 5 rings (SSSR count). The molecule has 0 aromatic heterocycles. The van der Waals surface area contributed by atoms with Crippen LogP contribution in [0.15, 0.2) is 97.1 Å². The number of carbonyl (C=O) groups excluding carboxylic acids is 1. The van der Waals surface area contributed by atoms with Crippen LogP contribution in [0.2, 0.25) is 0 Å². The van der Waals surface area contributed by atoms with Gasteiger partial charge in [-0.3, -0.25) is 4.79 Å². The highest BCUT2D eigenvalue weighted by Gasteiger charge is 2.30. The summed E-state index contributed by atoms with van der Waals surface area (Å²) in [4.78, 5) is 12.9. The van der Waals surface area contributed by atoms with Gasteiger partial charge in [0.2, 0.25) is 0 Å². The van der Waals surface area contributed by atoms with Crippen molar-refractivity contribution in [2.45, 2.75) is 70.0 Å². The zero-order chi connectivity index (χ0) is 30.1. The van der Waals surface area contributed by atoms with Crippen LogP contribution in [-0.2, 0) is 24.2 Å². The largest absolute Gasteiger partial charge is 0.508 e. The van der Waals surface area contributed by atoms with Gasteiger partial charge in [0.25, 0.3) is 0 Å². The third kappa shape index (κ3) is 8.71. The van der Waals surface area contributed by atoms with Crippen LogP contribution in [0.3, 0.4) is 0 Å². The SMILES string of the molecule is COc1ccc(CCC(=O)CC2(O)C=CC(CCCCc3ccccc3)CC2)cc1OCc1ccc2cc(O)ccc2c1. The first-order chi connectivity index (χ1) is 20.9. The first-order valence-corrected chi connectivity index (χ1v) is 15.4. The number of unbranched alkanes of at least 4 members (excludes halogenated alkanes) is 1. The minimum atomic E-state index is -1.04. The van der Waals surface area contributed by atoms with E-state index >= 15 is 0 Å². The molecule has 2 atom stereocenters. The monoisotopic (exact) mass is 578 g/mol. The predicted octanol–water partition coefficient (Wildman–Crippen LogP) is 8.14. The number of Topliss-reactive ketones (excluding diaryl/α,β-unsaturated/α-hetero) is 1. The summed E-state index contributed by atoms with van der Waals surface area (Å²) in [5, 5.41) is 22.8. The van der Waals surface area contributed by atoms with Crippen LogP contribution in [0.4, 0.5) is 0 Å². The summed E-state index contributed by atoms with van der Waals surface area (Å²) >= 11 is 0. The molecule has 224 valence electrons. The van der Waals surface area contributed by atoms with Gasteiger partial charge in [-0.25, -0.2) is 0 Å². The molecule has 4 aromatic carbocycles. The van der Waals surface area contributed by atoms with Crippen LogP contribution < -0.4 is 9.47 Å². The normalized spacial score (nSPS) is 18.0. The Bertz CT molecular complexity index is 1540. The second kappa shape index (κ2) is 14.4. The number of aromatic hydroxyl groups is 1. The van der Waals surface area contributed by atoms with Crippen LogP contribution in [0.25, 0.3) is 10.8 Å². The zero-order valence-electron chi connectivity index (χ0n) is 25.0. The Morgan fingerprint density at radius 2 is 1.65 bits per heavy atom. The maximum Gasteiger partial charge on any atom is 0.161 e. The average molecular weight is 579 g/mol. The molecule has 0 fully saturated rings. The lowest BCUT2D eigenvalue weighted by Crippen LogP contribution is -2.32. The lowest BCUT2D eigenvalue weighted by molar-refractivity contribution is -0.122. The van der Waals surface area contributed by atoms with Crippen molar-refractivity contribution in [1.29, 1.82) is 0 Å². The fourth-order valence-corrected chi connectivity index (χ4v) is 5.93. The molecule has 43 heavy (non-hydrogen) atoms. The van der Waals surface area contributed by atoms with E-state index < -0.39 is 5.60 Å². The second-order valence-corrected chi connectivity index (χ2v) is 11.8. The number of phenols is 1. The third-order valence-electron chi connectivity index (χ3n) is 8.47. The summed E-state index contributed by atoms with van der Waals surface area (Å²) in [5.41, 5.74) is 2.34. The molecule has 0 radical (unpaired) electrons. The van der Waals surface area contributed by atoms with Crippen molar-refractivity contribution in [2.24, 2.45) is 5.92 Å². The van der Waals surface area contributed by atoms with Gasteiger partial charge in [-0.05, 0) is 102 Å². The number of hydrogen-bond donors (Lipinski definition) is 2. The van der Waals surface area contributed by atoms with Crippen LogP contribution >= 0.6 is 0 Å². The minimum Gasteiger partial charge on any atom is -0.508 e. The van der Waals surface area contributed by atoms with Crippen LogP contribution in [0.1, 0.15) is 61.6 Å². The van der Waals surface area contributed by atoms with E-state index in [0.717, 1.165) is 41.2 Å².